The van der Waals surface area contributed by atoms with Crippen LogP contribution < -0.4 is 4.74 Å². The fourth-order valence-electron chi connectivity index (χ4n) is 5.13. The smallest absolute Gasteiger partial charge is 0.314 e. The van der Waals surface area contributed by atoms with Crippen LogP contribution >= 0.6 is 0 Å². The second kappa shape index (κ2) is 9.59. The average molecular weight is 382 g/mol. The van der Waals surface area contributed by atoms with Gasteiger partial charge in [-0.25, -0.2) is 0 Å². The van der Waals surface area contributed by atoms with Crippen molar-refractivity contribution < 1.29 is 9.53 Å². The van der Waals surface area contributed by atoms with Crippen LogP contribution in [0, 0.1) is 48.9 Å². The van der Waals surface area contributed by atoms with Crippen molar-refractivity contribution in [2.75, 3.05) is 0 Å². The maximum absolute atomic E-state index is 12.6. The largest absolute Gasteiger partial charge is 0.426 e. The summed E-state index contributed by atoms with van der Waals surface area (Å²) in [6.07, 6.45) is 12.6. The van der Waals surface area contributed by atoms with Gasteiger partial charge < -0.3 is 4.74 Å². The predicted octanol–water partition coefficient (Wildman–Crippen LogP) is 6.49. The third-order valence-corrected chi connectivity index (χ3v) is 7.14. The summed E-state index contributed by atoms with van der Waals surface area (Å²) in [6, 6.07) is 5.82. The summed E-state index contributed by atoms with van der Waals surface area (Å²) in [5, 5.41) is 9.18. The molecule has 0 saturated heterocycles. The first-order chi connectivity index (χ1) is 13.5. The molecular formula is C25H35NO2. The van der Waals surface area contributed by atoms with Crippen molar-refractivity contribution in [2.45, 2.75) is 85.0 Å². The van der Waals surface area contributed by atoms with Crippen LogP contribution in [0.4, 0.5) is 0 Å². The highest BCUT2D eigenvalue weighted by molar-refractivity contribution is 5.75. The van der Waals surface area contributed by atoms with Gasteiger partial charge >= 0.3 is 5.97 Å². The van der Waals surface area contributed by atoms with E-state index in [1.807, 2.05) is 13.8 Å². The fourth-order valence-corrected chi connectivity index (χ4v) is 5.13. The molecule has 0 bridgehead atoms. The van der Waals surface area contributed by atoms with Gasteiger partial charge in [-0.1, -0.05) is 45.4 Å². The number of carbonyl (C=O) groups is 1. The molecule has 0 heterocycles. The summed E-state index contributed by atoms with van der Waals surface area (Å²) in [7, 11) is 0. The second-order valence-electron chi connectivity index (χ2n) is 9.39. The molecule has 2 aliphatic rings. The molecule has 1 aromatic carbocycles. The van der Waals surface area contributed by atoms with Crippen molar-refractivity contribution in [2.24, 2.45) is 23.7 Å². The molecular weight excluding hydrogens is 346 g/mol. The Morgan fingerprint density at radius 2 is 1.46 bits per heavy atom. The maximum atomic E-state index is 12.6. The molecule has 1 aromatic rings. The first kappa shape index (κ1) is 20.9. The van der Waals surface area contributed by atoms with Crippen LogP contribution in [0.15, 0.2) is 12.1 Å². The molecule has 152 valence electrons. The zero-order valence-electron chi connectivity index (χ0n) is 17.8. The van der Waals surface area contributed by atoms with Gasteiger partial charge in [0.05, 0.1) is 17.6 Å². The van der Waals surface area contributed by atoms with Crippen LogP contribution in [-0.4, -0.2) is 5.97 Å². The van der Waals surface area contributed by atoms with Crippen molar-refractivity contribution in [1.29, 1.82) is 5.26 Å². The Morgan fingerprint density at radius 1 is 0.964 bits per heavy atom. The molecule has 0 amide bonds. The molecule has 0 aromatic heterocycles. The number of hydrogen-bond donors (Lipinski definition) is 0. The summed E-state index contributed by atoms with van der Waals surface area (Å²) in [5.74, 6) is 3.19. The number of rotatable bonds is 5. The van der Waals surface area contributed by atoms with E-state index in [0.717, 1.165) is 54.6 Å². The van der Waals surface area contributed by atoms with Gasteiger partial charge in [-0.2, -0.15) is 5.26 Å². The lowest BCUT2D eigenvalue weighted by molar-refractivity contribution is -0.140. The van der Waals surface area contributed by atoms with Crippen LogP contribution in [0.2, 0.25) is 0 Å². The van der Waals surface area contributed by atoms with E-state index < -0.39 is 0 Å². The monoisotopic (exact) mass is 381 g/mol. The Bertz CT molecular complexity index is 694. The maximum Gasteiger partial charge on any atom is 0.314 e. The van der Waals surface area contributed by atoms with Crippen LogP contribution in [-0.2, 0) is 4.79 Å². The van der Waals surface area contributed by atoms with E-state index in [4.69, 9.17) is 4.74 Å². The van der Waals surface area contributed by atoms with Gasteiger partial charge in [0.2, 0.25) is 0 Å². The SMILES string of the molecule is Cc1cc(OC(=O)C2CCC(CCC3CCC(C)CC3)CC2)cc(C)c1C#N. The van der Waals surface area contributed by atoms with Crippen LogP contribution in [0.25, 0.3) is 0 Å². The first-order valence-electron chi connectivity index (χ1n) is 11.2. The van der Waals surface area contributed by atoms with E-state index in [0.29, 0.717) is 11.3 Å². The summed E-state index contributed by atoms with van der Waals surface area (Å²) in [5.41, 5.74) is 2.41. The van der Waals surface area contributed by atoms with E-state index in [-0.39, 0.29) is 11.9 Å². The number of aryl methyl sites for hydroxylation is 2. The van der Waals surface area contributed by atoms with Gasteiger partial charge in [-0.15, -0.1) is 0 Å². The highest BCUT2D eigenvalue weighted by atomic mass is 16.5. The Morgan fingerprint density at radius 3 is 1.96 bits per heavy atom. The number of esters is 1. The molecule has 28 heavy (non-hydrogen) atoms. The molecule has 0 spiro atoms. The molecule has 0 aliphatic heterocycles. The van der Waals surface area contributed by atoms with E-state index in [1.54, 1.807) is 12.1 Å². The van der Waals surface area contributed by atoms with Crippen molar-refractivity contribution in [1.82, 2.24) is 0 Å². The lowest BCUT2D eigenvalue weighted by Crippen LogP contribution is -2.26. The van der Waals surface area contributed by atoms with Crippen molar-refractivity contribution in [3.05, 3.63) is 28.8 Å². The normalized spacial score (nSPS) is 27.8. The summed E-state index contributed by atoms with van der Waals surface area (Å²) in [4.78, 5) is 12.6. The first-order valence-corrected chi connectivity index (χ1v) is 11.2. The summed E-state index contributed by atoms with van der Waals surface area (Å²) < 4.78 is 5.67. The molecule has 0 N–H and O–H groups in total. The van der Waals surface area contributed by atoms with Gasteiger partial charge in [-0.05, 0) is 80.5 Å². The molecule has 3 nitrogen and oxygen atoms in total. The Hall–Kier alpha value is -1.82. The van der Waals surface area contributed by atoms with Gasteiger partial charge in [0.15, 0.2) is 0 Å². The molecule has 3 heteroatoms. The molecule has 2 aliphatic carbocycles. The Labute approximate surface area is 170 Å². The zero-order chi connectivity index (χ0) is 20.1. The third kappa shape index (κ3) is 5.37. The van der Waals surface area contributed by atoms with E-state index in [9.17, 15) is 10.1 Å². The molecule has 2 fully saturated rings. The number of nitriles is 1. The number of hydrogen-bond acceptors (Lipinski definition) is 3. The average Bonchev–Trinajstić information content (AvgIpc) is 2.68. The summed E-state index contributed by atoms with van der Waals surface area (Å²) in [6.45, 7) is 6.17. The molecule has 0 radical (unpaired) electrons. The fraction of sp³-hybridized carbons (Fsp3) is 0.680. The highest BCUT2D eigenvalue weighted by Crippen LogP contribution is 2.37. The predicted molar refractivity (Wildman–Crippen MR) is 112 cm³/mol. The minimum absolute atomic E-state index is 0.0306. The van der Waals surface area contributed by atoms with Crippen molar-refractivity contribution in [3.63, 3.8) is 0 Å². The lowest BCUT2D eigenvalue weighted by Gasteiger charge is -2.30. The third-order valence-electron chi connectivity index (χ3n) is 7.14. The number of nitrogens with zero attached hydrogens (tertiary/aromatic N) is 1. The quantitative estimate of drug-likeness (QED) is 0.432. The molecule has 3 rings (SSSR count). The molecule has 2 saturated carbocycles. The molecule has 0 unspecified atom stereocenters. The number of benzene rings is 1. The van der Waals surface area contributed by atoms with Crippen molar-refractivity contribution >= 4 is 5.97 Å². The minimum atomic E-state index is -0.0942. The van der Waals surface area contributed by atoms with Crippen LogP contribution in [0.5, 0.6) is 5.75 Å². The Balaban J connectivity index is 1.43. The van der Waals surface area contributed by atoms with Crippen molar-refractivity contribution in [3.8, 4) is 11.8 Å². The van der Waals surface area contributed by atoms with Gasteiger partial charge in [0, 0.05) is 0 Å². The van der Waals surface area contributed by atoms with E-state index in [1.165, 1.54) is 38.5 Å². The van der Waals surface area contributed by atoms with Gasteiger partial charge in [-0.3, -0.25) is 4.79 Å². The highest BCUT2D eigenvalue weighted by Gasteiger charge is 2.28. The number of ether oxygens (including phenoxy) is 1. The Kier molecular flexibility index (Phi) is 7.16. The van der Waals surface area contributed by atoms with Crippen LogP contribution in [0.3, 0.4) is 0 Å². The van der Waals surface area contributed by atoms with E-state index >= 15 is 0 Å². The standard InChI is InChI=1S/C25H35NO2/c1-17-4-6-20(7-5-17)8-9-21-10-12-22(13-11-21)25(27)28-23-14-18(2)24(16-26)19(3)15-23/h14-15,17,20-22H,4-13H2,1-3H3. The van der Waals surface area contributed by atoms with E-state index in [2.05, 4.69) is 13.0 Å². The van der Waals surface area contributed by atoms with Gasteiger partial charge in [0.1, 0.15) is 5.75 Å². The minimum Gasteiger partial charge on any atom is -0.426 e. The lowest BCUT2D eigenvalue weighted by atomic mass is 9.76. The number of carbonyl (C=O) groups excluding carboxylic acids is 1. The zero-order valence-corrected chi connectivity index (χ0v) is 17.8. The molecule has 0 atom stereocenters. The van der Waals surface area contributed by atoms with Gasteiger partial charge in [0.25, 0.3) is 0 Å². The topological polar surface area (TPSA) is 50.1 Å². The second-order valence-corrected chi connectivity index (χ2v) is 9.39. The summed E-state index contributed by atoms with van der Waals surface area (Å²) >= 11 is 0. The van der Waals surface area contributed by atoms with Crippen LogP contribution in [0.1, 0.15) is 87.8 Å².